The summed E-state index contributed by atoms with van der Waals surface area (Å²) in [5.41, 5.74) is 1.21. The van der Waals surface area contributed by atoms with Crippen molar-refractivity contribution < 1.29 is 9.48 Å². The number of rotatable bonds is 3. The van der Waals surface area contributed by atoms with E-state index in [9.17, 15) is 0 Å². The zero-order chi connectivity index (χ0) is 9.03. The topological polar surface area (TPSA) is 9.23 Å². The van der Waals surface area contributed by atoms with Crippen molar-refractivity contribution in [3.63, 3.8) is 0 Å². The second kappa shape index (κ2) is 3.70. The van der Waals surface area contributed by atoms with E-state index in [1.54, 1.807) is 0 Å². The molecule has 0 aliphatic heterocycles. The first-order chi connectivity index (χ1) is 5.58. The molecule has 0 fully saturated rings. The summed E-state index contributed by atoms with van der Waals surface area (Å²) in [7, 11) is 6.01. The van der Waals surface area contributed by atoms with Gasteiger partial charge in [-0.1, -0.05) is 30.3 Å². The number of nitrogens with zero attached hydrogens (tertiary/aromatic N) is 1. The van der Waals surface area contributed by atoms with Gasteiger partial charge in [-0.05, 0) is 5.56 Å². The molecule has 0 aliphatic rings. The third-order valence-corrected chi connectivity index (χ3v) is 1.46. The van der Waals surface area contributed by atoms with E-state index in [0.717, 1.165) is 0 Å². The number of quaternary nitrogens is 1. The Bertz CT molecular complexity index is 225. The minimum atomic E-state index is 0.537. The lowest BCUT2D eigenvalue weighted by atomic mass is 10.2. The standard InChI is InChI=1S/C10H16NO/c1-11(2,3)12-9-10-7-5-4-6-8-10/h4-8H,9H2,1-3H3/q+1. The summed E-state index contributed by atoms with van der Waals surface area (Å²) in [4.78, 5) is 5.55. The molecular formula is C10H16NO+. The van der Waals surface area contributed by atoms with Crippen molar-refractivity contribution in [3.8, 4) is 0 Å². The van der Waals surface area contributed by atoms with Crippen LogP contribution in [0.15, 0.2) is 30.3 Å². The van der Waals surface area contributed by atoms with Crippen LogP contribution >= 0.6 is 0 Å². The predicted octanol–water partition coefficient (Wildman–Crippen LogP) is 1.82. The zero-order valence-electron chi connectivity index (χ0n) is 7.95. The molecule has 0 spiro atoms. The third-order valence-electron chi connectivity index (χ3n) is 1.46. The maximum atomic E-state index is 5.55. The Kier molecular flexibility index (Phi) is 2.84. The maximum Gasteiger partial charge on any atom is 0.131 e. The third kappa shape index (κ3) is 3.51. The van der Waals surface area contributed by atoms with E-state index in [1.807, 2.05) is 39.3 Å². The molecule has 0 amide bonds. The lowest BCUT2D eigenvalue weighted by Gasteiger charge is -2.20. The van der Waals surface area contributed by atoms with Crippen molar-refractivity contribution in [1.82, 2.24) is 0 Å². The highest BCUT2D eigenvalue weighted by Crippen LogP contribution is 2.03. The van der Waals surface area contributed by atoms with Crippen LogP contribution in [0.5, 0.6) is 0 Å². The molecule has 0 heterocycles. The van der Waals surface area contributed by atoms with Crippen LogP contribution in [0.2, 0.25) is 0 Å². The van der Waals surface area contributed by atoms with E-state index in [0.29, 0.717) is 11.3 Å². The van der Waals surface area contributed by atoms with E-state index in [4.69, 9.17) is 4.84 Å². The van der Waals surface area contributed by atoms with Crippen LogP contribution in [0, 0.1) is 0 Å². The van der Waals surface area contributed by atoms with Crippen molar-refractivity contribution in [2.75, 3.05) is 21.1 Å². The minimum Gasteiger partial charge on any atom is -0.199 e. The highest BCUT2D eigenvalue weighted by molar-refractivity contribution is 5.13. The van der Waals surface area contributed by atoms with Gasteiger partial charge in [-0.3, -0.25) is 0 Å². The molecule has 0 aromatic heterocycles. The zero-order valence-corrected chi connectivity index (χ0v) is 7.95. The van der Waals surface area contributed by atoms with Gasteiger partial charge in [0.05, 0.1) is 21.1 Å². The van der Waals surface area contributed by atoms with Gasteiger partial charge in [0.1, 0.15) is 6.61 Å². The van der Waals surface area contributed by atoms with E-state index in [2.05, 4.69) is 12.1 Å². The number of benzene rings is 1. The van der Waals surface area contributed by atoms with Crippen molar-refractivity contribution in [1.29, 1.82) is 0 Å². The van der Waals surface area contributed by atoms with Crippen LogP contribution in [0.1, 0.15) is 5.56 Å². The Hall–Kier alpha value is -0.860. The lowest BCUT2D eigenvalue weighted by molar-refractivity contribution is -1.06. The second-order valence-electron chi connectivity index (χ2n) is 3.65. The van der Waals surface area contributed by atoms with Gasteiger partial charge in [-0.15, -0.1) is 0 Å². The molecule has 0 saturated carbocycles. The summed E-state index contributed by atoms with van der Waals surface area (Å²) in [6.07, 6.45) is 0. The van der Waals surface area contributed by atoms with E-state index in [1.165, 1.54) is 5.56 Å². The van der Waals surface area contributed by atoms with Crippen LogP contribution in [0.25, 0.3) is 0 Å². The molecule has 1 aromatic carbocycles. The first-order valence-electron chi connectivity index (χ1n) is 4.08. The lowest BCUT2D eigenvalue weighted by Crippen LogP contribution is -2.33. The Morgan fingerprint density at radius 3 is 2.17 bits per heavy atom. The second-order valence-corrected chi connectivity index (χ2v) is 3.65. The molecule has 0 atom stereocenters. The van der Waals surface area contributed by atoms with Crippen molar-refractivity contribution >= 4 is 0 Å². The molecule has 0 aliphatic carbocycles. The van der Waals surface area contributed by atoms with Crippen LogP contribution in [0.4, 0.5) is 0 Å². The monoisotopic (exact) mass is 166 g/mol. The molecule has 2 nitrogen and oxygen atoms in total. The van der Waals surface area contributed by atoms with E-state index in [-0.39, 0.29) is 0 Å². The van der Waals surface area contributed by atoms with E-state index >= 15 is 0 Å². The number of hydrogen-bond donors (Lipinski definition) is 0. The highest BCUT2D eigenvalue weighted by Gasteiger charge is 2.07. The van der Waals surface area contributed by atoms with Gasteiger partial charge < -0.3 is 0 Å². The summed E-state index contributed by atoms with van der Waals surface area (Å²) < 4.78 is 0.537. The van der Waals surface area contributed by atoms with Gasteiger partial charge in [0.2, 0.25) is 0 Å². The molecule has 1 aromatic rings. The molecule has 2 heteroatoms. The SMILES string of the molecule is C[N+](C)(C)OCc1ccccc1. The average Bonchev–Trinajstić information content (AvgIpc) is 2.02. The van der Waals surface area contributed by atoms with Crippen LogP contribution in [-0.4, -0.2) is 25.8 Å². The fourth-order valence-electron chi connectivity index (χ4n) is 0.842. The minimum absolute atomic E-state index is 0.537. The Morgan fingerprint density at radius 1 is 1.08 bits per heavy atom. The first kappa shape index (κ1) is 9.23. The van der Waals surface area contributed by atoms with E-state index < -0.39 is 0 Å². The van der Waals surface area contributed by atoms with Gasteiger partial charge in [0, 0.05) is 0 Å². The van der Waals surface area contributed by atoms with Gasteiger partial charge >= 0.3 is 0 Å². The van der Waals surface area contributed by atoms with Crippen LogP contribution < -0.4 is 0 Å². The number of hydroxylamine groups is 3. The fourth-order valence-corrected chi connectivity index (χ4v) is 0.842. The molecule has 1 rings (SSSR count). The van der Waals surface area contributed by atoms with Crippen LogP contribution in [-0.2, 0) is 11.4 Å². The summed E-state index contributed by atoms with van der Waals surface area (Å²) >= 11 is 0. The molecule has 12 heavy (non-hydrogen) atoms. The molecule has 0 bridgehead atoms. The largest absolute Gasteiger partial charge is 0.199 e. The average molecular weight is 166 g/mol. The molecule has 0 unspecified atom stereocenters. The predicted molar refractivity (Wildman–Crippen MR) is 49.3 cm³/mol. The van der Waals surface area contributed by atoms with Gasteiger partial charge in [0.15, 0.2) is 0 Å². The smallest absolute Gasteiger partial charge is 0.131 e. The highest BCUT2D eigenvalue weighted by atomic mass is 16.7. The first-order valence-corrected chi connectivity index (χ1v) is 4.08. The Morgan fingerprint density at radius 2 is 1.67 bits per heavy atom. The summed E-state index contributed by atoms with van der Waals surface area (Å²) in [6.45, 7) is 0.671. The fraction of sp³-hybridized carbons (Fsp3) is 0.400. The Labute approximate surface area is 73.9 Å². The summed E-state index contributed by atoms with van der Waals surface area (Å²) in [6, 6.07) is 10.2. The summed E-state index contributed by atoms with van der Waals surface area (Å²) in [5.74, 6) is 0. The number of hydrogen-bond acceptors (Lipinski definition) is 1. The molecule has 0 saturated heterocycles. The molecule has 0 radical (unpaired) electrons. The normalized spacial score (nSPS) is 11.6. The molecule has 0 N–H and O–H groups in total. The van der Waals surface area contributed by atoms with Gasteiger partial charge in [-0.2, -0.15) is 9.48 Å². The van der Waals surface area contributed by atoms with Crippen LogP contribution in [0.3, 0.4) is 0 Å². The van der Waals surface area contributed by atoms with Gasteiger partial charge in [-0.25, -0.2) is 0 Å². The Balaban J connectivity index is 2.44. The molecular weight excluding hydrogens is 150 g/mol. The van der Waals surface area contributed by atoms with Crippen molar-refractivity contribution in [3.05, 3.63) is 35.9 Å². The van der Waals surface area contributed by atoms with Crippen molar-refractivity contribution in [2.24, 2.45) is 0 Å². The maximum absolute atomic E-state index is 5.55. The van der Waals surface area contributed by atoms with Gasteiger partial charge in [0.25, 0.3) is 0 Å². The molecule has 66 valence electrons. The summed E-state index contributed by atoms with van der Waals surface area (Å²) in [5, 5.41) is 0. The van der Waals surface area contributed by atoms with Crippen molar-refractivity contribution in [2.45, 2.75) is 6.61 Å². The quantitative estimate of drug-likeness (QED) is 0.491.